The Kier molecular flexibility index (Phi) is 6.62. The summed E-state index contributed by atoms with van der Waals surface area (Å²) >= 11 is 0. The largest absolute Gasteiger partial charge is 0.444 e. The molecule has 3 aromatic rings. The summed E-state index contributed by atoms with van der Waals surface area (Å²) in [6.45, 7) is 5.10. The molecule has 162 valence electrons. The van der Waals surface area contributed by atoms with Gasteiger partial charge in [-0.2, -0.15) is 0 Å². The molecule has 31 heavy (non-hydrogen) atoms. The molecule has 0 radical (unpaired) electrons. The van der Waals surface area contributed by atoms with Crippen molar-refractivity contribution in [2.75, 3.05) is 20.1 Å². The average molecular weight is 420 g/mol. The van der Waals surface area contributed by atoms with Crippen LogP contribution in [-0.2, 0) is 13.1 Å². The molecule has 2 amide bonds. The van der Waals surface area contributed by atoms with E-state index >= 15 is 0 Å². The highest BCUT2D eigenvalue weighted by molar-refractivity contribution is 5.74. The maximum atomic E-state index is 12.5. The zero-order valence-corrected chi connectivity index (χ0v) is 18.1. The van der Waals surface area contributed by atoms with Gasteiger partial charge in [0.05, 0.1) is 17.9 Å². The summed E-state index contributed by atoms with van der Waals surface area (Å²) in [6.07, 6.45) is 5.41. The van der Waals surface area contributed by atoms with Gasteiger partial charge in [-0.15, -0.1) is 0 Å². The monoisotopic (exact) mass is 419 g/mol. The third kappa shape index (κ3) is 5.70. The van der Waals surface area contributed by atoms with Crippen molar-refractivity contribution in [3.8, 4) is 11.5 Å². The van der Waals surface area contributed by atoms with Crippen molar-refractivity contribution in [1.29, 1.82) is 0 Å². The Morgan fingerprint density at radius 1 is 1.16 bits per heavy atom. The predicted molar refractivity (Wildman–Crippen MR) is 119 cm³/mol. The molecule has 3 heterocycles. The van der Waals surface area contributed by atoms with Crippen LogP contribution in [0, 0.1) is 6.92 Å². The first-order chi connectivity index (χ1) is 15.1. The van der Waals surface area contributed by atoms with Gasteiger partial charge in [-0.1, -0.05) is 24.3 Å². The molecule has 7 heteroatoms. The molecule has 0 saturated carbocycles. The lowest BCUT2D eigenvalue weighted by atomic mass is 10.1. The molecule has 1 aromatic carbocycles. The molecule has 0 spiro atoms. The van der Waals surface area contributed by atoms with Crippen LogP contribution < -0.4 is 5.32 Å². The van der Waals surface area contributed by atoms with Gasteiger partial charge in [-0.25, -0.2) is 9.78 Å². The second kappa shape index (κ2) is 9.75. The van der Waals surface area contributed by atoms with Gasteiger partial charge in [0.25, 0.3) is 0 Å². The fourth-order valence-electron chi connectivity index (χ4n) is 3.75. The summed E-state index contributed by atoms with van der Waals surface area (Å²) in [4.78, 5) is 25.6. The summed E-state index contributed by atoms with van der Waals surface area (Å²) in [5.41, 5.74) is 3.93. The molecular weight excluding hydrogens is 390 g/mol. The molecule has 4 rings (SSSR count). The number of nitrogens with zero attached hydrogens (tertiary/aromatic N) is 4. The molecule has 0 unspecified atom stereocenters. The number of aromatic nitrogens is 2. The third-order valence-corrected chi connectivity index (χ3v) is 5.59. The van der Waals surface area contributed by atoms with Crippen molar-refractivity contribution in [3.05, 3.63) is 71.9 Å². The minimum Gasteiger partial charge on any atom is -0.444 e. The molecule has 0 bridgehead atoms. The summed E-state index contributed by atoms with van der Waals surface area (Å²) in [6, 6.07) is 14.0. The zero-order chi connectivity index (χ0) is 21.6. The summed E-state index contributed by atoms with van der Waals surface area (Å²) in [5.74, 6) is 0.656. The maximum Gasteiger partial charge on any atom is 0.317 e. The molecule has 1 aliphatic rings. The first-order valence-corrected chi connectivity index (χ1v) is 10.7. The van der Waals surface area contributed by atoms with Gasteiger partial charge in [0.2, 0.25) is 5.89 Å². The van der Waals surface area contributed by atoms with E-state index in [9.17, 15) is 4.79 Å². The number of piperidine rings is 1. The molecule has 0 aliphatic carbocycles. The average Bonchev–Trinajstić information content (AvgIpc) is 3.26. The van der Waals surface area contributed by atoms with Gasteiger partial charge in [-0.05, 0) is 43.5 Å². The number of pyridine rings is 1. The number of amides is 2. The van der Waals surface area contributed by atoms with E-state index in [4.69, 9.17) is 4.42 Å². The van der Waals surface area contributed by atoms with E-state index in [1.165, 1.54) is 0 Å². The highest BCUT2D eigenvalue weighted by Crippen LogP contribution is 2.20. The molecule has 1 aliphatic heterocycles. The van der Waals surface area contributed by atoms with Crippen LogP contribution in [0.1, 0.15) is 29.8 Å². The molecule has 1 N–H and O–H groups in total. The van der Waals surface area contributed by atoms with E-state index < -0.39 is 0 Å². The first-order valence-electron chi connectivity index (χ1n) is 10.7. The lowest BCUT2D eigenvalue weighted by molar-refractivity contribution is 0.172. The van der Waals surface area contributed by atoms with Crippen molar-refractivity contribution in [2.45, 2.75) is 38.9 Å². The van der Waals surface area contributed by atoms with E-state index in [0.29, 0.717) is 12.4 Å². The van der Waals surface area contributed by atoms with Gasteiger partial charge in [0, 0.05) is 44.5 Å². The lowest BCUT2D eigenvalue weighted by Gasteiger charge is -2.32. The fraction of sp³-hybridized carbons (Fsp3) is 0.375. The second-order valence-corrected chi connectivity index (χ2v) is 8.19. The topological polar surface area (TPSA) is 74.5 Å². The second-order valence-electron chi connectivity index (χ2n) is 8.19. The highest BCUT2D eigenvalue weighted by Gasteiger charge is 2.23. The fourth-order valence-corrected chi connectivity index (χ4v) is 3.75. The van der Waals surface area contributed by atoms with Gasteiger partial charge in [0.1, 0.15) is 6.26 Å². The summed E-state index contributed by atoms with van der Waals surface area (Å²) in [5, 5.41) is 3.16. The first kappa shape index (κ1) is 21.1. The number of rotatable bonds is 6. The van der Waals surface area contributed by atoms with Crippen molar-refractivity contribution in [2.24, 2.45) is 0 Å². The van der Waals surface area contributed by atoms with E-state index in [1.807, 2.05) is 55.6 Å². The SMILES string of the molecule is Cc1ccc(CN(C)C(=O)NC2CCN(Cc3coc(-c4ccccc4)n3)CC2)nc1. The lowest BCUT2D eigenvalue weighted by Crippen LogP contribution is -2.48. The minimum absolute atomic E-state index is 0.0511. The smallest absolute Gasteiger partial charge is 0.317 e. The molecular formula is C24H29N5O2. The van der Waals surface area contributed by atoms with Crippen LogP contribution in [0.4, 0.5) is 4.79 Å². The number of carbonyl (C=O) groups excluding carboxylic acids is 1. The number of likely N-dealkylation sites (tertiary alicyclic amines) is 1. The summed E-state index contributed by atoms with van der Waals surface area (Å²) in [7, 11) is 1.81. The Balaban J connectivity index is 1.22. The molecule has 7 nitrogen and oxygen atoms in total. The molecule has 0 atom stereocenters. The van der Waals surface area contributed by atoms with E-state index in [-0.39, 0.29) is 12.1 Å². The number of aryl methyl sites for hydroxylation is 1. The minimum atomic E-state index is -0.0511. The van der Waals surface area contributed by atoms with Crippen LogP contribution in [0.2, 0.25) is 0 Å². The number of oxazole rings is 1. The number of benzene rings is 1. The maximum absolute atomic E-state index is 12.5. The Hall–Kier alpha value is -3.19. The predicted octanol–water partition coefficient (Wildman–Crippen LogP) is 3.85. The quantitative estimate of drug-likeness (QED) is 0.657. The molecule has 1 saturated heterocycles. The Morgan fingerprint density at radius 2 is 1.94 bits per heavy atom. The molecule has 2 aromatic heterocycles. The van der Waals surface area contributed by atoms with Crippen molar-refractivity contribution >= 4 is 6.03 Å². The van der Waals surface area contributed by atoms with Crippen molar-refractivity contribution in [3.63, 3.8) is 0 Å². The third-order valence-electron chi connectivity index (χ3n) is 5.59. The van der Waals surface area contributed by atoms with Gasteiger partial charge in [-0.3, -0.25) is 9.88 Å². The standard InChI is InChI=1S/C24H29N5O2/c1-18-8-9-21(25-14-18)15-28(2)24(30)27-20-10-12-29(13-11-20)16-22-17-31-23(26-22)19-6-4-3-5-7-19/h3-9,14,17,20H,10-13,15-16H2,1-2H3,(H,27,30). The van der Waals surface area contributed by atoms with Crippen LogP contribution in [0.5, 0.6) is 0 Å². The number of hydrogen-bond donors (Lipinski definition) is 1. The molecule has 1 fully saturated rings. The van der Waals surface area contributed by atoms with Crippen LogP contribution >= 0.6 is 0 Å². The Labute approximate surface area is 183 Å². The number of carbonyl (C=O) groups is 1. The highest BCUT2D eigenvalue weighted by atomic mass is 16.3. The van der Waals surface area contributed by atoms with E-state index in [1.54, 1.807) is 18.2 Å². The Bertz CT molecular complexity index is 979. The summed E-state index contributed by atoms with van der Waals surface area (Å²) < 4.78 is 5.64. The number of nitrogens with one attached hydrogen (secondary N) is 1. The van der Waals surface area contributed by atoms with Crippen LogP contribution in [0.15, 0.2) is 59.3 Å². The van der Waals surface area contributed by atoms with Gasteiger partial charge >= 0.3 is 6.03 Å². The van der Waals surface area contributed by atoms with E-state index in [0.717, 1.165) is 55.0 Å². The normalized spacial score (nSPS) is 15.0. The van der Waals surface area contributed by atoms with Crippen LogP contribution in [0.3, 0.4) is 0 Å². The van der Waals surface area contributed by atoms with E-state index in [2.05, 4.69) is 20.2 Å². The van der Waals surface area contributed by atoms with Gasteiger partial charge < -0.3 is 14.6 Å². The van der Waals surface area contributed by atoms with Crippen molar-refractivity contribution in [1.82, 2.24) is 25.1 Å². The van der Waals surface area contributed by atoms with Gasteiger partial charge in [0.15, 0.2) is 0 Å². The number of hydrogen-bond acceptors (Lipinski definition) is 5. The van der Waals surface area contributed by atoms with Crippen LogP contribution in [0.25, 0.3) is 11.5 Å². The number of urea groups is 1. The van der Waals surface area contributed by atoms with Crippen molar-refractivity contribution < 1.29 is 9.21 Å². The Morgan fingerprint density at radius 3 is 2.65 bits per heavy atom. The van der Waals surface area contributed by atoms with Crippen LogP contribution in [-0.4, -0.2) is 52.0 Å². The zero-order valence-electron chi connectivity index (χ0n) is 18.1.